The highest BCUT2D eigenvalue weighted by Gasteiger charge is 2.23. The van der Waals surface area contributed by atoms with Gasteiger partial charge in [0.05, 0.1) is 11.9 Å². The number of hydrogen-bond donors (Lipinski definition) is 3. The molecule has 2 heterocycles. The molecule has 2 rings (SSSR count). The Kier molecular flexibility index (Phi) is 5.12. The van der Waals surface area contributed by atoms with E-state index in [2.05, 4.69) is 20.2 Å². The average molecular weight is 323 g/mol. The van der Waals surface area contributed by atoms with E-state index in [1.165, 1.54) is 6.20 Å². The van der Waals surface area contributed by atoms with E-state index in [1.807, 2.05) is 20.8 Å². The zero-order valence-corrected chi connectivity index (χ0v) is 13.9. The van der Waals surface area contributed by atoms with Gasteiger partial charge >= 0.3 is 11.8 Å². The molecular formula is C15H25N5O3. The second-order valence-corrected chi connectivity index (χ2v) is 6.82. The lowest BCUT2D eigenvalue weighted by atomic mass is 9.97. The van der Waals surface area contributed by atoms with Crippen LogP contribution in [0.25, 0.3) is 0 Å². The second-order valence-electron chi connectivity index (χ2n) is 6.82. The number of carbonyl (C=O) groups is 1. The topological polar surface area (TPSA) is 113 Å². The molecule has 0 aliphatic carbocycles. The molecule has 1 fully saturated rings. The lowest BCUT2D eigenvalue weighted by molar-refractivity contribution is 0.0517. The van der Waals surface area contributed by atoms with Gasteiger partial charge in [-0.3, -0.25) is 4.98 Å². The molecule has 0 aromatic carbocycles. The maximum absolute atomic E-state index is 11.7. The maximum atomic E-state index is 11.7. The van der Waals surface area contributed by atoms with E-state index in [0.717, 1.165) is 31.6 Å². The van der Waals surface area contributed by atoms with Crippen LogP contribution in [0.5, 0.6) is 0 Å². The van der Waals surface area contributed by atoms with Crippen molar-refractivity contribution in [1.82, 2.24) is 15.3 Å². The number of aromatic amines is 1. The number of amides is 1. The number of alkyl carbamates (subject to hydrolysis) is 1. The Hall–Kier alpha value is -2.25. The Morgan fingerprint density at radius 2 is 2.30 bits per heavy atom. The number of hydrogen-bond acceptors (Lipinski definition) is 6. The van der Waals surface area contributed by atoms with Crippen molar-refractivity contribution in [3.63, 3.8) is 0 Å². The van der Waals surface area contributed by atoms with E-state index in [9.17, 15) is 9.59 Å². The highest BCUT2D eigenvalue weighted by Crippen LogP contribution is 2.25. The standard InChI is InChI=1S/C15H25N5O3/c1-15(2,3)23-14(22)18-7-10-5-4-6-20(9-10)11-8-17-13(21)19-12(11)16/h8,10H,4-7,9H2,1-3H3,(H,18,22)(H3,16,17,19,21). The number of ether oxygens (including phenoxy) is 1. The first kappa shape index (κ1) is 17.1. The third-order valence-electron chi connectivity index (χ3n) is 3.62. The molecule has 1 aromatic heterocycles. The summed E-state index contributed by atoms with van der Waals surface area (Å²) in [6.45, 7) is 7.64. The summed E-state index contributed by atoms with van der Waals surface area (Å²) in [5, 5.41) is 2.81. The molecular weight excluding hydrogens is 298 g/mol. The van der Waals surface area contributed by atoms with Crippen molar-refractivity contribution < 1.29 is 9.53 Å². The summed E-state index contributed by atoms with van der Waals surface area (Å²) in [6, 6.07) is 0. The Morgan fingerprint density at radius 1 is 1.57 bits per heavy atom. The molecule has 0 spiro atoms. The first-order valence-corrected chi connectivity index (χ1v) is 7.81. The number of nitrogens with zero attached hydrogens (tertiary/aromatic N) is 2. The van der Waals surface area contributed by atoms with Crippen LogP contribution in [0, 0.1) is 5.92 Å². The van der Waals surface area contributed by atoms with Gasteiger partial charge in [0.2, 0.25) is 0 Å². The Balaban J connectivity index is 1.91. The van der Waals surface area contributed by atoms with Gasteiger partial charge in [0, 0.05) is 19.6 Å². The van der Waals surface area contributed by atoms with Crippen LogP contribution in [0.4, 0.5) is 16.3 Å². The molecule has 1 aromatic rings. The van der Waals surface area contributed by atoms with Gasteiger partial charge in [0.1, 0.15) is 11.4 Å². The van der Waals surface area contributed by atoms with Crippen LogP contribution < -0.4 is 21.6 Å². The molecule has 4 N–H and O–H groups in total. The van der Waals surface area contributed by atoms with Gasteiger partial charge in [-0.15, -0.1) is 0 Å². The van der Waals surface area contributed by atoms with Crippen LogP contribution in [-0.4, -0.2) is 41.3 Å². The van der Waals surface area contributed by atoms with Crippen molar-refractivity contribution in [2.24, 2.45) is 5.92 Å². The molecule has 1 atom stereocenters. The van der Waals surface area contributed by atoms with E-state index in [1.54, 1.807) is 0 Å². The molecule has 8 heteroatoms. The number of H-pyrrole nitrogens is 1. The van der Waals surface area contributed by atoms with Crippen molar-refractivity contribution in [1.29, 1.82) is 0 Å². The number of nitrogens with two attached hydrogens (primary N) is 1. The minimum Gasteiger partial charge on any atom is -0.444 e. The summed E-state index contributed by atoms with van der Waals surface area (Å²) in [5.74, 6) is 0.619. The maximum Gasteiger partial charge on any atom is 0.407 e. The summed E-state index contributed by atoms with van der Waals surface area (Å²) >= 11 is 0. The van der Waals surface area contributed by atoms with Crippen molar-refractivity contribution in [2.75, 3.05) is 30.3 Å². The van der Waals surface area contributed by atoms with Crippen LogP contribution in [0.3, 0.4) is 0 Å². The second kappa shape index (κ2) is 6.89. The van der Waals surface area contributed by atoms with Crippen LogP contribution in [-0.2, 0) is 4.74 Å². The number of rotatable bonds is 3. The number of piperidine rings is 1. The van der Waals surface area contributed by atoms with Gasteiger partial charge in [-0.25, -0.2) is 9.59 Å². The van der Waals surface area contributed by atoms with E-state index in [4.69, 9.17) is 10.5 Å². The summed E-state index contributed by atoms with van der Waals surface area (Å²) in [4.78, 5) is 31.2. The van der Waals surface area contributed by atoms with Crippen molar-refractivity contribution in [3.05, 3.63) is 16.7 Å². The molecule has 8 nitrogen and oxygen atoms in total. The number of anilines is 2. The molecule has 1 amide bonds. The van der Waals surface area contributed by atoms with Crippen LogP contribution in [0.2, 0.25) is 0 Å². The minimum atomic E-state index is -0.501. The van der Waals surface area contributed by atoms with E-state index < -0.39 is 17.4 Å². The van der Waals surface area contributed by atoms with Crippen LogP contribution in [0.15, 0.2) is 11.0 Å². The molecule has 1 aliphatic rings. The minimum absolute atomic E-state index is 0.294. The Labute approximate surface area is 135 Å². The third kappa shape index (κ3) is 5.15. The smallest absolute Gasteiger partial charge is 0.407 e. The van der Waals surface area contributed by atoms with E-state index in [0.29, 0.717) is 18.3 Å². The Bertz CT molecular complexity index is 608. The average Bonchev–Trinajstić information content (AvgIpc) is 2.43. The normalized spacial score (nSPS) is 18.6. The van der Waals surface area contributed by atoms with Crippen molar-refractivity contribution >= 4 is 17.6 Å². The highest BCUT2D eigenvalue weighted by atomic mass is 16.6. The number of nitrogens with one attached hydrogen (secondary N) is 2. The fraction of sp³-hybridized carbons (Fsp3) is 0.667. The zero-order chi connectivity index (χ0) is 17.0. The van der Waals surface area contributed by atoms with Gasteiger partial charge in [0.15, 0.2) is 0 Å². The summed E-state index contributed by atoms with van der Waals surface area (Å²) < 4.78 is 5.24. The van der Waals surface area contributed by atoms with Gasteiger partial charge in [-0.1, -0.05) is 0 Å². The number of nitrogen functional groups attached to an aromatic ring is 1. The van der Waals surface area contributed by atoms with E-state index >= 15 is 0 Å². The fourth-order valence-electron chi connectivity index (χ4n) is 2.65. The van der Waals surface area contributed by atoms with Crippen LogP contribution >= 0.6 is 0 Å². The summed E-state index contributed by atoms with van der Waals surface area (Å²) in [5.41, 5.74) is 5.64. The van der Waals surface area contributed by atoms with Crippen LogP contribution in [0.1, 0.15) is 33.6 Å². The summed E-state index contributed by atoms with van der Waals surface area (Å²) in [6.07, 6.45) is 3.10. The Morgan fingerprint density at radius 3 is 2.96 bits per heavy atom. The zero-order valence-electron chi connectivity index (χ0n) is 13.9. The van der Waals surface area contributed by atoms with Gasteiger partial charge in [-0.05, 0) is 39.5 Å². The molecule has 0 radical (unpaired) electrons. The predicted molar refractivity (Wildman–Crippen MR) is 88.4 cm³/mol. The molecule has 23 heavy (non-hydrogen) atoms. The van der Waals surface area contributed by atoms with Gasteiger partial charge in [-0.2, -0.15) is 4.98 Å². The quantitative estimate of drug-likeness (QED) is 0.767. The monoisotopic (exact) mass is 323 g/mol. The lowest BCUT2D eigenvalue weighted by Gasteiger charge is -2.34. The largest absolute Gasteiger partial charge is 0.444 e. The van der Waals surface area contributed by atoms with Gasteiger partial charge in [0.25, 0.3) is 0 Å². The molecule has 1 saturated heterocycles. The molecule has 0 saturated carbocycles. The molecule has 0 bridgehead atoms. The predicted octanol–water partition coefficient (Wildman–Crippen LogP) is 1.09. The SMILES string of the molecule is CC(C)(C)OC(=O)NCC1CCCN(c2cnc(=O)[nH]c2N)C1. The van der Waals surface area contributed by atoms with E-state index in [-0.39, 0.29) is 0 Å². The number of aromatic nitrogens is 2. The first-order chi connectivity index (χ1) is 10.7. The molecule has 128 valence electrons. The number of carbonyl (C=O) groups excluding carboxylic acids is 1. The fourth-order valence-corrected chi connectivity index (χ4v) is 2.65. The lowest BCUT2D eigenvalue weighted by Crippen LogP contribution is -2.42. The van der Waals surface area contributed by atoms with Crippen molar-refractivity contribution in [2.45, 2.75) is 39.2 Å². The molecule has 1 unspecified atom stereocenters. The highest BCUT2D eigenvalue weighted by molar-refractivity contribution is 5.67. The van der Waals surface area contributed by atoms with Gasteiger partial charge < -0.3 is 20.7 Å². The summed E-state index contributed by atoms with van der Waals surface area (Å²) in [7, 11) is 0. The van der Waals surface area contributed by atoms with Crippen molar-refractivity contribution in [3.8, 4) is 0 Å². The third-order valence-corrected chi connectivity index (χ3v) is 3.62. The first-order valence-electron chi connectivity index (χ1n) is 7.81. The molecule has 1 aliphatic heterocycles.